The zero-order valence-electron chi connectivity index (χ0n) is 44.7. The van der Waals surface area contributed by atoms with Gasteiger partial charge < -0.3 is 30.0 Å². The van der Waals surface area contributed by atoms with Crippen LogP contribution in [-0.2, 0) is 105 Å². The minimum atomic E-state index is -1.26. The number of hydrogen-bond donors (Lipinski definition) is 1. The molecule has 5 radical (unpaired) electrons. The van der Waals surface area contributed by atoms with Gasteiger partial charge in [-0.25, -0.2) is 4.39 Å². The van der Waals surface area contributed by atoms with Crippen molar-refractivity contribution in [2.75, 3.05) is 0 Å². The first-order valence-corrected chi connectivity index (χ1v) is 23.6. The van der Waals surface area contributed by atoms with Gasteiger partial charge in [0.05, 0.1) is 17.4 Å². The molecule has 10 rings (SSSR count). The summed E-state index contributed by atoms with van der Waals surface area (Å²) in [5.41, 5.74) is 10.9. The van der Waals surface area contributed by atoms with Gasteiger partial charge in [-0.05, 0) is 99.8 Å². The molecular weight excluding hydrogens is 1960 g/mol. The Kier molecular flexibility index (Phi) is 37.2. The fourth-order valence-corrected chi connectivity index (χ4v) is 6.49. The molecular formula is C64H49F7Ir5N5O2-5. The molecule has 0 spiro atoms. The van der Waals surface area contributed by atoms with Crippen LogP contribution in [0.15, 0.2) is 188 Å². The van der Waals surface area contributed by atoms with E-state index in [9.17, 15) is 35.5 Å². The third kappa shape index (κ3) is 27.4. The zero-order valence-corrected chi connectivity index (χ0v) is 56.7. The normalized spacial score (nSPS) is 9.67. The molecule has 0 atom stereocenters. The van der Waals surface area contributed by atoms with Gasteiger partial charge in [0.1, 0.15) is 0 Å². The monoisotopic (exact) mass is 2020 g/mol. The molecule has 0 aliphatic carbocycles. The van der Waals surface area contributed by atoms with Gasteiger partial charge in [0.15, 0.2) is 5.78 Å². The SMILES string of the molecule is CC(=O)C=C(C)O.Cc1ccc(-c2[c-]cc(F)cc2)nc1.Cc1cccc(-c2[c-]cc(F)cc2)n1.Cc1cccnc1-c1[c-]cc(F)cc1.Cc1ccnc(-c2[c-]cc(F)cc2)c1.Fc1[c-]c(-c2ccccn2)c(F)cc1F.[Ir].[Ir].[Ir].[Ir].[Ir]. The van der Waals surface area contributed by atoms with Crippen molar-refractivity contribution < 1.29 is 141 Å². The molecule has 10 aromatic rings. The molecule has 83 heavy (non-hydrogen) atoms. The summed E-state index contributed by atoms with van der Waals surface area (Å²) in [6, 6.07) is 53.6. The molecule has 0 aliphatic heterocycles. The molecule has 0 saturated heterocycles. The molecule has 0 saturated carbocycles. The van der Waals surface area contributed by atoms with Crippen LogP contribution in [0.3, 0.4) is 0 Å². The number of aromatic nitrogens is 5. The first-order chi connectivity index (χ1) is 37.3. The van der Waals surface area contributed by atoms with Crippen molar-refractivity contribution in [3.8, 4) is 56.3 Å². The Balaban J connectivity index is 0.000000971. The third-order valence-corrected chi connectivity index (χ3v) is 10.2. The van der Waals surface area contributed by atoms with Crippen LogP contribution in [0.2, 0.25) is 0 Å². The van der Waals surface area contributed by atoms with Gasteiger partial charge in [-0.15, -0.1) is 119 Å². The maximum atomic E-state index is 13.2. The topological polar surface area (TPSA) is 102 Å². The molecule has 5 aromatic heterocycles. The minimum absolute atomic E-state index is 0. The van der Waals surface area contributed by atoms with E-state index in [2.05, 4.69) is 49.2 Å². The molecule has 0 amide bonds. The number of hydrogen-bond acceptors (Lipinski definition) is 7. The van der Waals surface area contributed by atoms with Crippen molar-refractivity contribution in [1.29, 1.82) is 0 Å². The maximum Gasteiger partial charge on any atom is 0.155 e. The number of aliphatic hydroxyl groups is 1. The van der Waals surface area contributed by atoms with Crippen molar-refractivity contribution in [3.05, 3.63) is 282 Å². The summed E-state index contributed by atoms with van der Waals surface area (Å²) in [4.78, 5) is 30.8. The van der Waals surface area contributed by atoms with E-state index >= 15 is 0 Å². The number of allylic oxidation sites excluding steroid dienone is 2. The summed E-state index contributed by atoms with van der Waals surface area (Å²) in [5, 5.41) is 8.36. The Bertz CT molecular complexity index is 3380. The van der Waals surface area contributed by atoms with E-state index in [0.717, 1.165) is 67.4 Å². The number of rotatable bonds is 6. The second-order valence-electron chi connectivity index (χ2n) is 16.7. The van der Waals surface area contributed by atoms with E-state index in [4.69, 9.17) is 5.11 Å². The van der Waals surface area contributed by atoms with Crippen LogP contribution in [0.5, 0.6) is 0 Å². The van der Waals surface area contributed by atoms with Crippen LogP contribution in [0.25, 0.3) is 56.3 Å². The average molecular weight is 2010 g/mol. The summed E-state index contributed by atoms with van der Waals surface area (Å²) >= 11 is 0. The number of halogens is 7. The zero-order chi connectivity index (χ0) is 56.6. The van der Waals surface area contributed by atoms with Crippen molar-refractivity contribution in [2.45, 2.75) is 41.5 Å². The van der Waals surface area contributed by atoms with Gasteiger partial charge in [0.2, 0.25) is 0 Å². The minimum Gasteiger partial charge on any atom is -0.512 e. The Morgan fingerprint density at radius 1 is 0.470 bits per heavy atom. The van der Waals surface area contributed by atoms with E-state index in [1.54, 1.807) is 55.0 Å². The van der Waals surface area contributed by atoms with Crippen molar-refractivity contribution in [3.63, 3.8) is 0 Å². The Morgan fingerprint density at radius 3 is 1.43 bits per heavy atom. The molecule has 0 aliphatic rings. The number of carbonyl (C=O) groups excluding carboxylic acids is 1. The van der Waals surface area contributed by atoms with Crippen LogP contribution >= 0.6 is 0 Å². The average Bonchev–Trinajstić information content (AvgIpc) is 3.43. The number of nitrogens with zero attached hydrogens (tertiary/aromatic N) is 5. The van der Waals surface area contributed by atoms with E-state index in [-0.39, 0.29) is 147 Å². The molecule has 1 N–H and O–H groups in total. The Morgan fingerprint density at radius 2 is 0.988 bits per heavy atom. The molecule has 5 heterocycles. The molecule has 19 heteroatoms. The summed E-state index contributed by atoms with van der Waals surface area (Å²) in [5.74, 6) is -4.52. The molecule has 5 aromatic carbocycles. The summed E-state index contributed by atoms with van der Waals surface area (Å²) in [7, 11) is 0. The smallest absolute Gasteiger partial charge is 0.155 e. The summed E-state index contributed by atoms with van der Waals surface area (Å²) < 4.78 is 89.2. The van der Waals surface area contributed by atoms with Crippen molar-refractivity contribution in [2.24, 2.45) is 0 Å². The molecule has 7 nitrogen and oxygen atoms in total. The van der Waals surface area contributed by atoms with E-state index in [1.807, 2.05) is 88.4 Å². The second kappa shape index (κ2) is 40.1. The van der Waals surface area contributed by atoms with Gasteiger partial charge in [-0.3, -0.25) is 31.1 Å². The molecule has 0 fully saturated rings. The standard InChI is InChI=1S/4C12H9FN.C11H5F3N.C5H8O2.5Ir/c1-9-2-7-12(14-8-9)10-3-5-11(13)6-4-10;1-9-6-7-14-12(8-9)10-2-4-11(13)5-3-10;1-9-3-2-8-14-12(9)10-4-6-11(13)7-5-10;1-9-3-2-4-12(14-9)10-5-7-11(13)8-6-10;12-8-6-10(14)9(13)5-7(8)11-3-1-2-4-15-11;1-4(6)3-5(2)7;;;;;/h2-3,5-8H,1H3;2,4-8H,1H3;2-4,6-8H,1H3;2-5,7-8H,1H3;1-4,6H;3,6H,1-2H3;;;;;/q5*-1;;;;;;. The Hall–Kier alpha value is -6.18. The van der Waals surface area contributed by atoms with Gasteiger partial charge >= 0.3 is 0 Å². The first kappa shape index (κ1) is 76.8. The predicted molar refractivity (Wildman–Crippen MR) is 288 cm³/mol. The van der Waals surface area contributed by atoms with E-state index in [1.165, 1.54) is 80.7 Å². The molecule has 0 bridgehead atoms. The van der Waals surface area contributed by atoms with Crippen LogP contribution in [0, 0.1) is 98.7 Å². The molecule has 0 unspecified atom stereocenters. The maximum absolute atomic E-state index is 13.2. The largest absolute Gasteiger partial charge is 0.512 e. The predicted octanol–water partition coefficient (Wildman–Crippen LogP) is 16.0. The molecule has 441 valence electrons. The third-order valence-electron chi connectivity index (χ3n) is 10.2. The number of aryl methyl sites for hydroxylation is 4. The fourth-order valence-electron chi connectivity index (χ4n) is 6.49. The van der Waals surface area contributed by atoms with Crippen LogP contribution in [0.1, 0.15) is 36.2 Å². The quantitative estimate of drug-likeness (QED) is 0.0582. The number of ketones is 1. The number of carbonyl (C=O) groups is 1. The van der Waals surface area contributed by atoms with Crippen LogP contribution in [-0.4, -0.2) is 35.8 Å². The number of pyridine rings is 5. The van der Waals surface area contributed by atoms with Crippen LogP contribution in [0.4, 0.5) is 30.7 Å². The van der Waals surface area contributed by atoms with Crippen LogP contribution < -0.4 is 0 Å². The van der Waals surface area contributed by atoms with E-state index in [0.29, 0.717) is 6.07 Å². The van der Waals surface area contributed by atoms with E-state index < -0.39 is 17.5 Å². The van der Waals surface area contributed by atoms with Gasteiger partial charge in [-0.1, -0.05) is 77.4 Å². The van der Waals surface area contributed by atoms with Crippen molar-refractivity contribution in [1.82, 2.24) is 24.9 Å². The van der Waals surface area contributed by atoms with Gasteiger partial charge in [0, 0.05) is 166 Å². The number of aliphatic hydroxyl groups excluding tert-OH is 1. The van der Waals surface area contributed by atoms with Gasteiger partial charge in [-0.2, -0.15) is 0 Å². The first-order valence-electron chi connectivity index (χ1n) is 23.6. The fraction of sp³-hybridized carbons (Fsp3) is 0.0938. The summed E-state index contributed by atoms with van der Waals surface area (Å²) in [6.45, 7) is 10.7. The second-order valence-corrected chi connectivity index (χ2v) is 16.7. The summed E-state index contributed by atoms with van der Waals surface area (Å²) in [6.07, 6.45) is 7.85. The van der Waals surface area contributed by atoms with Gasteiger partial charge in [0.25, 0.3) is 0 Å². The Labute approximate surface area is 546 Å². The van der Waals surface area contributed by atoms with Crippen molar-refractivity contribution >= 4 is 5.78 Å². The number of benzene rings is 5.